The lowest BCUT2D eigenvalue weighted by Gasteiger charge is -2.16. The number of rotatable bonds is 6. The number of methoxy groups -OCH3 is 3. The summed E-state index contributed by atoms with van der Waals surface area (Å²) in [6.07, 6.45) is 0. The molecular weight excluding hydrogens is 350 g/mol. The van der Waals surface area contributed by atoms with Gasteiger partial charge < -0.3 is 19.3 Å². The van der Waals surface area contributed by atoms with Crippen LogP contribution in [0.1, 0.15) is 11.1 Å². The topological polar surface area (TPSA) is 85.3 Å². The first-order chi connectivity index (χ1) is 13.0. The molecule has 0 unspecified atom stereocenters. The summed E-state index contributed by atoms with van der Waals surface area (Å²) in [4.78, 5) is 26.3. The van der Waals surface area contributed by atoms with Crippen LogP contribution in [0.4, 0.5) is 0 Å². The van der Waals surface area contributed by atoms with Crippen LogP contribution in [-0.4, -0.2) is 43.2 Å². The highest BCUT2D eigenvalue weighted by Crippen LogP contribution is 2.35. The van der Waals surface area contributed by atoms with Gasteiger partial charge in [0.2, 0.25) is 0 Å². The number of carbonyl (C=O) groups excluding carboxylic acids is 2. The van der Waals surface area contributed by atoms with Gasteiger partial charge in [-0.3, -0.25) is 14.5 Å². The van der Waals surface area contributed by atoms with Crippen LogP contribution in [0.2, 0.25) is 0 Å². The molecule has 2 amide bonds. The van der Waals surface area contributed by atoms with Crippen LogP contribution in [0.5, 0.6) is 17.2 Å². The van der Waals surface area contributed by atoms with Crippen LogP contribution in [-0.2, 0) is 16.1 Å². The minimum atomic E-state index is -0.754. The van der Waals surface area contributed by atoms with Crippen LogP contribution >= 0.6 is 0 Å². The maximum absolute atomic E-state index is 12.9. The van der Waals surface area contributed by atoms with Gasteiger partial charge in [0.1, 0.15) is 5.75 Å². The minimum absolute atomic E-state index is 0.0114. The molecular formula is C20H19NO6. The molecule has 0 spiro atoms. The van der Waals surface area contributed by atoms with Gasteiger partial charge in [0.25, 0.3) is 11.8 Å². The third-order valence-corrected chi connectivity index (χ3v) is 4.34. The largest absolute Gasteiger partial charge is 0.502 e. The van der Waals surface area contributed by atoms with E-state index in [1.54, 1.807) is 42.5 Å². The van der Waals surface area contributed by atoms with E-state index in [1.165, 1.54) is 21.3 Å². The maximum atomic E-state index is 12.9. The molecule has 7 nitrogen and oxygen atoms in total. The molecule has 7 heteroatoms. The van der Waals surface area contributed by atoms with E-state index in [9.17, 15) is 14.7 Å². The van der Waals surface area contributed by atoms with Crippen molar-refractivity contribution in [3.63, 3.8) is 0 Å². The van der Waals surface area contributed by atoms with Gasteiger partial charge in [-0.2, -0.15) is 0 Å². The fourth-order valence-corrected chi connectivity index (χ4v) is 2.96. The Balaban J connectivity index is 1.95. The summed E-state index contributed by atoms with van der Waals surface area (Å²) in [6, 6.07) is 11.8. The van der Waals surface area contributed by atoms with E-state index in [-0.39, 0.29) is 12.1 Å². The second-order valence-corrected chi connectivity index (χ2v) is 5.80. The Labute approximate surface area is 156 Å². The zero-order valence-electron chi connectivity index (χ0n) is 15.2. The standard InChI is InChI=1S/C20H19NO6/c1-25-14-7-5-4-6-13(14)11-21-19(23)17(18(22)20(21)24)12-8-9-15(26-2)16(10-12)27-3/h4-10,22H,11H2,1-3H3. The number of aliphatic hydroxyl groups excluding tert-OH is 1. The fourth-order valence-electron chi connectivity index (χ4n) is 2.96. The Morgan fingerprint density at radius 3 is 2.19 bits per heavy atom. The second-order valence-electron chi connectivity index (χ2n) is 5.80. The first kappa shape index (κ1) is 18.3. The summed E-state index contributed by atoms with van der Waals surface area (Å²) in [5.74, 6) is -0.520. The van der Waals surface area contributed by atoms with E-state index >= 15 is 0 Å². The molecule has 0 radical (unpaired) electrons. The Hall–Kier alpha value is -3.48. The highest BCUT2D eigenvalue weighted by Gasteiger charge is 2.39. The number of benzene rings is 2. The van der Waals surface area contributed by atoms with Crippen molar-refractivity contribution in [2.75, 3.05) is 21.3 Å². The predicted molar refractivity (Wildman–Crippen MR) is 97.6 cm³/mol. The first-order valence-electron chi connectivity index (χ1n) is 8.15. The summed E-state index contributed by atoms with van der Waals surface area (Å²) in [7, 11) is 4.47. The Morgan fingerprint density at radius 2 is 1.52 bits per heavy atom. The number of hydrogen-bond donors (Lipinski definition) is 1. The number of imide groups is 1. The average molecular weight is 369 g/mol. The van der Waals surface area contributed by atoms with Gasteiger partial charge in [-0.1, -0.05) is 24.3 Å². The quantitative estimate of drug-likeness (QED) is 0.788. The van der Waals surface area contributed by atoms with E-state index < -0.39 is 17.6 Å². The highest BCUT2D eigenvalue weighted by atomic mass is 16.5. The van der Waals surface area contributed by atoms with Gasteiger partial charge in [-0.25, -0.2) is 0 Å². The van der Waals surface area contributed by atoms with Crippen molar-refractivity contribution in [1.29, 1.82) is 0 Å². The second kappa shape index (κ2) is 7.41. The Morgan fingerprint density at radius 1 is 0.852 bits per heavy atom. The summed E-state index contributed by atoms with van der Waals surface area (Å²) < 4.78 is 15.7. The maximum Gasteiger partial charge on any atom is 0.296 e. The smallest absolute Gasteiger partial charge is 0.296 e. The molecule has 0 aromatic heterocycles. The van der Waals surface area contributed by atoms with Gasteiger partial charge in [0, 0.05) is 5.56 Å². The summed E-state index contributed by atoms with van der Waals surface area (Å²) in [6.45, 7) is -0.0114. The third kappa shape index (κ3) is 3.19. The summed E-state index contributed by atoms with van der Waals surface area (Å²) in [5.41, 5.74) is 0.949. The van der Waals surface area contributed by atoms with Crippen LogP contribution in [0, 0.1) is 0 Å². The molecule has 1 N–H and O–H groups in total. The molecule has 0 aliphatic carbocycles. The molecule has 0 saturated heterocycles. The van der Waals surface area contributed by atoms with Crippen molar-refractivity contribution in [3.05, 3.63) is 59.4 Å². The molecule has 2 aromatic carbocycles. The summed E-state index contributed by atoms with van der Waals surface area (Å²) in [5, 5.41) is 10.3. The van der Waals surface area contributed by atoms with Gasteiger partial charge in [-0.15, -0.1) is 0 Å². The number of hydrogen-bond acceptors (Lipinski definition) is 6. The Bertz CT molecular complexity index is 934. The third-order valence-electron chi connectivity index (χ3n) is 4.34. The first-order valence-corrected chi connectivity index (χ1v) is 8.15. The van der Waals surface area contributed by atoms with Crippen molar-refractivity contribution < 1.29 is 28.9 Å². The highest BCUT2D eigenvalue weighted by molar-refractivity contribution is 6.34. The number of amides is 2. The van der Waals surface area contributed by atoms with E-state index in [0.717, 1.165) is 4.90 Å². The van der Waals surface area contributed by atoms with Gasteiger partial charge in [0.05, 0.1) is 33.4 Å². The summed E-state index contributed by atoms with van der Waals surface area (Å²) >= 11 is 0. The fraction of sp³-hybridized carbons (Fsp3) is 0.200. The van der Waals surface area contributed by atoms with Gasteiger partial charge in [0.15, 0.2) is 17.3 Å². The molecule has 0 fully saturated rings. The van der Waals surface area contributed by atoms with Crippen molar-refractivity contribution >= 4 is 17.4 Å². The molecule has 0 atom stereocenters. The number of para-hydroxylation sites is 1. The Kier molecular flexibility index (Phi) is 5.03. The normalized spacial score (nSPS) is 14.0. The number of aliphatic hydroxyl groups is 1. The van der Waals surface area contributed by atoms with Crippen molar-refractivity contribution in [2.45, 2.75) is 6.54 Å². The van der Waals surface area contributed by atoms with E-state index in [0.29, 0.717) is 28.4 Å². The van der Waals surface area contributed by atoms with Crippen LogP contribution in [0.3, 0.4) is 0 Å². The lowest BCUT2D eigenvalue weighted by molar-refractivity contribution is -0.138. The molecule has 140 valence electrons. The molecule has 1 heterocycles. The molecule has 3 rings (SSSR count). The van der Waals surface area contributed by atoms with E-state index in [2.05, 4.69) is 0 Å². The van der Waals surface area contributed by atoms with Gasteiger partial charge >= 0.3 is 0 Å². The zero-order chi connectivity index (χ0) is 19.6. The minimum Gasteiger partial charge on any atom is -0.502 e. The van der Waals surface area contributed by atoms with Gasteiger partial charge in [-0.05, 0) is 23.8 Å². The SMILES string of the molecule is COc1ccccc1CN1C(=O)C(O)=C(c2ccc(OC)c(OC)c2)C1=O. The lowest BCUT2D eigenvalue weighted by Crippen LogP contribution is -2.31. The zero-order valence-corrected chi connectivity index (χ0v) is 15.2. The monoisotopic (exact) mass is 369 g/mol. The van der Waals surface area contributed by atoms with Crippen LogP contribution in [0.25, 0.3) is 5.57 Å². The van der Waals surface area contributed by atoms with Crippen molar-refractivity contribution in [2.24, 2.45) is 0 Å². The lowest BCUT2D eigenvalue weighted by atomic mass is 10.0. The van der Waals surface area contributed by atoms with E-state index in [4.69, 9.17) is 14.2 Å². The number of ether oxygens (including phenoxy) is 3. The molecule has 0 saturated carbocycles. The predicted octanol–water partition coefficient (Wildman–Crippen LogP) is 2.55. The van der Waals surface area contributed by atoms with Crippen molar-refractivity contribution in [3.8, 4) is 17.2 Å². The van der Waals surface area contributed by atoms with Crippen molar-refractivity contribution in [1.82, 2.24) is 4.90 Å². The van der Waals surface area contributed by atoms with E-state index in [1.807, 2.05) is 0 Å². The van der Waals surface area contributed by atoms with Crippen LogP contribution < -0.4 is 14.2 Å². The molecule has 1 aliphatic rings. The average Bonchev–Trinajstić information content (AvgIpc) is 2.91. The molecule has 0 bridgehead atoms. The molecule has 1 aliphatic heterocycles. The number of carbonyl (C=O) groups is 2. The molecule has 2 aromatic rings. The molecule has 27 heavy (non-hydrogen) atoms. The van der Waals surface area contributed by atoms with Crippen LogP contribution in [0.15, 0.2) is 48.2 Å². The number of nitrogens with zero attached hydrogens (tertiary/aromatic N) is 1.